The van der Waals surface area contributed by atoms with Gasteiger partial charge >= 0.3 is 0 Å². The van der Waals surface area contributed by atoms with E-state index in [9.17, 15) is 9.90 Å². The van der Waals surface area contributed by atoms with Crippen molar-refractivity contribution in [1.29, 1.82) is 0 Å². The van der Waals surface area contributed by atoms with E-state index in [1.54, 1.807) is 0 Å². The van der Waals surface area contributed by atoms with Crippen molar-refractivity contribution < 1.29 is 9.90 Å². The van der Waals surface area contributed by atoms with Gasteiger partial charge in [-0.05, 0) is 11.4 Å². The van der Waals surface area contributed by atoms with Crippen LogP contribution in [0.15, 0.2) is 17.5 Å². The fourth-order valence-corrected chi connectivity index (χ4v) is 2.50. The number of hydrogen-bond donors (Lipinski definition) is 2. The lowest BCUT2D eigenvalue weighted by Gasteiger charge is -2.28. The lowest BCUT2D eigenvalue weighted by atomic mass is 10.2. The Labute approximate surface area is 98.9 Å². The van der Waals surface area contributed by atoms with E-state index in [1.807, 2.05) is 22.4 Å². The molecule has 0 aromatic carbocycles. The van der Waals surface area contributed by atoms with E-state index in [0.29, 0.717) is 0 Å². The van der Waals surface area contributed by atoms with Gasteiger partial charge in [-0.3, -0.25) is 4.79 Å². The third-order valence-corrected chi connectivity index (χ3v) is 3.68. The van der Waals surface area contributed by atoms with Crippen LogP contribution in [-0.2, 0) is 4.79 Å². The number of amides is 1. The second kappa shape index (κ2) is 5.43. The van der Waals surface area contributed by atoms with Crippen LogP contribution >= 0.6 is 11.3 Å². The Balaban J connectivity index is 1.86. The first kappa shape index (κ1) is 11.6. The zero-order valence-corrected chi connectivity index (χ0v) is 9.87. The highest BCUT2D eigenvalue weighted by atomic mass is 32.1. The molecule has 1 amide bonds. The van der Waals surface area contributed by atoms with Gasteiger partial charge in [-0.15, -0.1) is 11.3 Å². The molecule has 88 valence electrons. The van der Waals surface area contributed by atoms with Crippen molar-refractivity contribution >= 4 is 17.2 Å². The molecule has 1 aliphatic heterocycles. The number of nitrogens with one attached hydrogen (secondary N) is 1. The molecule has 2 heterocycles. The summed E-state index contributed by atoms with van der Waals surface area (Å²) in [7, 11) is 0. The van der Waals surface area contributed by atoms with E-state index >= 15 is 0 Å². The molecule has 1 atom stereocenters. The van der Waals surface area contributed by atoms with Crippen LogP contribution in [0.1, 0.15) is 17.4 Å². The van der Waals surface area contributed by atoms with Crippen molar-refractivity contribution in [3.8, 4) is 0 Å². The van der Waals surface area contributed by atoms with Gasteiger partial charge in [0.1, 0.15) is 0 Å². The third kappa shape index (κ3) is 2.81. The van der Waals surface area contributed by atoms with E-state index < -0.39 is 6.10 Å². The van der Waals surface area contributed by atoms with E-state index in [4.69, 9.17) is 0 Å². The number of aliphatic hydroxyl groups is 1. The average Bonchev–Trinajstić information content (AvgIpc) is 2.83. The molecule has 1 aromatic heterocycles. The number of nitrogens with zero attached hydrogens (tertiary/aromatic N) is 1. The summed E-state index contributed by atoms with van der Waals surface area (Å²) in [6, 6.07) is 3.75. The Morgan fingerprint density at radius 2 is 2.31 bits per heavy atom. The van der Waals surface area contributed by atoms with Crippen LogP contribution in [0.25, 0.3) is 0 Å². The van der Waals surface area contributed by atoms with Crippen molar-refractivity contribution in [1.82, 2.24) is 10.2 Å². The van der Waals surface area contributed by atoms with Crippen LogP contribution in [-0.4, -0.2) is 42.1 Å². The molecular formula is C11H16N2O2S. The van der Waals surface area contributed by atoms with Gasteiger partial charge < -0.3 is 15.3 Å². The molecule has 1 saturated heterocycles. The molecule has 4 nitrogen and oxygen atoms in total. The molecule has 0 aliphatic carbocycles. The van der Waals surface area contributed by atoms with E-state index in [-0.39, 0.29) is 12.3 Å². The van der Waals surface area contributed by atoms with Crippen LogP contribution < -0.4 is 5.32 Å². The second-order valence-corrected chi connectivity index (χ2v) is 4.85. The molecule has 1 aromatic rings. The van der Waals surface area contributed by atoms with Gasteiger partial charge in [0.15, 0.2) is 0 Å². The van der Waals surface area contributed by atoms with Gasteiger partial charge in [-0.2, -0.15) is 0 Å². The Hall–Kier alpha value is -0.910. The zero-order valence-electron chi connectivity index (χ0n) is 9.06. The van der Waals surface area contributed by atoms with Gasteiger partial charge in [0.05, 0.1) is 12.5 Å². The number of aliphatic hydroxyl groups excluding tert-OH is 1. The number of rotatable bonds is 3. The first-order valence-electron chi connectivity index (χ1n) is 5.47. The van der Waals surface area contributed by atoms with Gasteiger partial charge in [0, 0.05) is 31.1 Å². The number of thiophene rings is 1. The Morgan fingerprint density at radius 1 is 1.56 bits per heavy atom. The molecule has 1 aliphatic rings. The van der Waals surface area contributed by atoms with Crippen molar-refractivity contribution in [3.63, 3.8) is 0 Å². The molecule has 0 bridgehead atoms. The highest BCUT2D eigenvalue weighted by Gasteiger charge is 2.20. The number of piperazine rings is 1. The number of hydrogen-bond acceptors (Lipinski definition) is 4. The standard InChI is InChI=1S/C11H16N2O2S/c14-9(10-2-1-7-16-10)8-11(15)13-5-3-12-4-6-13/h1-2,7,9,12,14H,3-6,8H2. The van der Waals surface area contributed by atoms with Gasteiger partial charge in [0.25, 0.3) is 0 Å². The predicted octanol–water partition coefficient (Wildman–Crippen LogP) is 0.603. The zero-order chi connectivity index (χ0) is 11.4. The molecular weight excluding hydrogens is 224 g/mol. The molecule has 2 rings (SSSR count). The Bertz CT molecular complexity index is 334. The molecule has 0 saturated carbocycles. The van der Waals surface area contributed by atoms with Crippen LogP contribution in [0.2, 0.25) is 0 Å². The Kier molecular flexibility index (Phi) is 3.93. The summed E-state index contributed by atoms with van der Waals surface area (Å²) in [5, 5.41) is 15.0. The summed E-state index contributed by atoms with van der Waals surface area (Å²) in [4.78, 5) is 14.5. The van der Waals surface area contributed by atoms with E-state index in [2.05, 4.69) is 5.32 Å². The summed E-state index contributed by atoms with van der Waals surface area (Å²) in [5.41, 5.74) is 0. The highest BCUT2D eigenvalue weighted by Crippen LogP contribution is 2.22. The molecule has 5 heteroatoms. The Morgan fingerprint density at radius 3 is 2.94 bits per heavy atom. The second-order valence-electron chi connectivity index (χ2n) is 3.87. The maximum absolute atomic E-state index is 11.8. The maximum Gasteiger partial charge on any atom is 0.225 e. The first-order chi connectivity index (χ1) is 7.77. The topological polar surface area (TPSA) is 52.6 Å². The van der Waals surface area contributed by atoms with Crippen LogP contribution in [0.5, 0.6) is 0 Å². The van der Waals surface area contributed by atoms with Crippen LogP contribution in [0, 0.1) is 0 Å². The summed E-state index contributed by atoms with van der Waals surface area (Å²) in [6.45, 7) is 3.19. The molecule has 2 N–H and O–H groups in total. The first-order valence-corrected chi connectivity index (χ1v) is 6.35. The minimum absolute atomic E-state index is 0.0439. The third-order valence-electron chi connectivity index (χ3n) is 2.71. The van der Waals surface area contributed by atoms with Crippen molar-refractivity contribution in [2.75, 3.05) is 26.2 Å². The predicted molar refractivity (Wildman–Crippen MR) is 63.3 cm³/mol. The van der Waals surface area contributed by atoms with Crippen molar-refractivity contribution in [3.05, 3.63) is 22.4 Å². The SMILES string of the molecule is O=C(CC(O)c1cccs1)N1CCNCC1. The average molecular weight is 240 g/mol. The van der Waals surface area contributed by atoms with Gasteiger partial charge in [-0.1, -0.05) is 6.07 Å². The van der Waals surface area contributed by atoms with Crippen molar-refractivity contribution in [2.24, 2.45) is 0 Å². The summed E-state index contributed by atoms with van der Waals surface area (Å²) in [6.07, 6.45) is -0.456. The monoisotopic (exact) mass is 240 g/mol. The lowest BCUT2D eigenvalue weighted by molar-refractivity contribution is -0.133. The minimum atomic E-state index is -0.651. The lowest BCUT2D eigenvalue weighted by Crippen LogP contribution is -2.46. The number of carbonyl (C=O) groups excluding carboxylic acids is 1. The maximum atomic E-state index is 11.8. The van der Waals surface area contributed by atoms with Gasteiger partial charge in [0.2, 0.25) is 5.91 Å². The largest absolute Gasteiger partial charge is 0.387 e. The number of carbonyl (C=O) groups is 1. The molecule has 1 unspecified atom stereocenters. The fraction of sp³-hybridized carbons (Fsp3) is 0.545. The molecule has 16 heavy (non-hydrogen) atoms. The highest BCUT2D eigenvalue weighted by molar-refractivity contribution is 7.10. The summed E-state index contributed by atoms with van der Waals surface area (Å²) >= 11 is 1.49. The fourth-order valence-electron chi connectivity index (χ4n) is 1.79. The molecule has 0 radical (unpaired) electrons. The smallest absolute Gasteiger partial charge is 0.225 e. The van der Waals surface area contributed by atoms with E-state index in [0.717, 1.165) is 31.1 Å². The molecule has 0 spiro atoms. The molecule has 1 fully saturated rings. The van der Waals surface area contributed by atoms with E-state index in [1.165, 1.54) is 11.3 Å². The minimum Gasteiger partial charge on any atom is -0.387 e. The normalized spacial score (nSPS) is 18.4. The van der Waals surface area contributed by atoms with Crippen molar-refractivity contribution in [2.45, 2.75) is 12.5 Å². The van der Waals surface area contributed by atoms with Crippen LogP contribution in [0.3, 0.4) is 0 Å². The quantitative estimate of drug-likeness (QED) is 0.813. The van der Waals surface area contributed by atoms with Gasteiger partial charge in [-0.25, -0.2) is 0 Å². The summed E-state index contributed by atoms with van der Waals surface area (Å²) in [5.74, 6) is 0.0439. The van der Waals surface area contributed by atoms with Crippen LogP contribution in [0.4, 0.5) is 0 Å². The summed E-state index contributed by atoms with van der Waals surface area (Å²) < 4.78 is 0.